The van der Waals surface area contributed by atoms with Gasteiger partial charge in [-0.05, 0) is 81.7 Å². The van der Waals surface area contributed by atoms with E-state index in [9.17, 15) is 0 Å². The predicted octanol–water partition coefficient (Wildman–Crippen LogP) is 7.35. The first-order valence-corrected chi connectivity index (χ1v) is 10.3. The Hall–Kier alpha value is -2.37. The summed E-state index contributed by atoms with van der Waals surface area (Å²) in [6, 6.07) is 26.5. The Labute approximate surface area is 183 Å². The fraction of sp³-hybridized carbons (Fsp3) is 0.0417. The molecule has 0 aliphatic rings. The fourth-order valence-electron chi connectivity index (χ4n) is 3.10. The smallest absolute Gasteiger partial charge is 0.118 e. The van der Waals surface area contributed by atoms with E-state index in [0.29, 0.717) is 0 Å². The molecule has 0 saturated heterocycles. The number of rotatable bonds is 4. The predicted molar refractivity (Wildman–Crippen MR) is 125 cm³/mol. The molecule has 0 amide bonds. The average Bonchev–Trinajstić information content (AvgIpc) is 2.75. The first kappa shape index (κ1) is 19.0. The van der Waals surface area contributed by atoms with Gasteiger partial charge in [0, 0.05) is 25.9 Å². The van der Waals surface area contributed by atoms with E-state index < -0.39 is 0 Å². The number of methoxy groups -OCH3 is 1. The molecule has 0 spiro atoms. The van der Waals surface area contributed by atoms with Gasteiger partial charge in [0.15, 0.2) is 0 Å². The van der Waals surface area contributed by atoms with Gasteiger partial charge in [-0.15, -0.1) is 0 Å². The Bertz CT molecular complexity index is 1090. The van der Waals surface area contributed by atoms with Crippen molar-refractivity contribution in [3.05, 3.63) is 93.7 Å². The van der Waals surface area contributed by atoms with Crippen LogP contribution < -0.4 is 4.74 Å². The molecule has 0 N–H and O–H groups in total. The van der Waals surface area contributed by atoms with E-state index in [1.807, 2.05) is 42.6 Å². The van der Waals surface area contributed by atoms with Crippen molar-refractivity contribution < 1.29 is 4.74 Å². The monoisotopic (exact) mass is 497 g/mol. The number of hydrogen-bond donors (Lipinski definition) is 0. The zero-order valence-electron chi connectivity index (χ0n) is 15.2. The van der Waals surface area contributed by atoms with Crippen molar-refractivity contribution in [2.75, 3.05) is 7.11 Å². The van der Waals surface area contributed by atoms with Gasteiger partial charge in [0.05, 0.1) is 12.8 Å². The van der Waals surface area contributed by atoms with Crippen LogP contribution in [0.5, 0.6) is 5.75 Å². The highest BCUT2D eigenvalue weighted by Gasteiger charge is 2.11. The second-order valence-corrected chi connectivity index (χ2v) is 8.04. The molecule has 28 heavy (non-hydrogen) atoms. The Morgan fingerprint density at radius 2 is 1.32 bits per heavy atom. The summed E-state index contributed by atoms with van der Waals surface area (Å²) in [4.78, 5) is 4.74. The highest BCUT2D eigenvalue weighted by molar-refractivity contribution is 14.1. The summed E-state index contributed by atoms with van der Waals surface area (Å²) in [5.41, 5.74) is 6.42. The molecular weight excluding hydrogens is 481 g/mol. The van der Waals surface area contributed by atoms with Gasteiger partial charge in [0.25, 0.3) is 0 Å². The lowest BCUT2D eigenvalue weighted by Crippen LogP contribution is -1.91. The molecule has 1 heterocycles. The minimum absolute atomic E-state index is 0.721. The zero-order valence-corrected chi connectivity index (χ0v) is 18.1. The zero-order chi connectivity index (χ0) is 19.5. The van der Waals surface area contributed by atoms with Gasteiger partial charge in [0.1, 0.15) is 5.75 Å². The molecule has 0 radical (unpaired) electrons. The highest BCUT2D eigenvalue weighted by atomic mass is 127. The summed E-state index contributed by atoms with van der Waals surface area (Å²) >= 11 is 8.39. The fourth-order valence-corrected chi connectivity index (χ4v) is 3.59. The SMILES string of the molecule is COc1ccc(-c2cc(-c3ccc(I)cc3)ncc2-c2ccc(Cl)cc2)cc1. The first-order valence-electron chi connectivity index (χ1n) is 8.80. The molecular formula is C24H17ClINO. The van der Waals surface area contributed by atoms with Gasteiger partial charge < -0.3 is 4.74 Å². The van der Waals surface area contributed by atoms with E-state index in [0.717, 1.165) is 44.3 Å². The van der Waals surface area contributed by atoms with Crippen molar-refractivity contribution in [2.24, 2.45) is 0 Å². The summed E-state index contributed by atoms with van der Waals surface area (Å²) in [5.74, 6) is 0.837. The summed E-state index contributed by atoms with van der Waals surface area (Å²) in [6.45, 7) is 0. The quantitative estimate of drug-likeness (QED) is 0.275. The van der Waals surface area contributed by atoms with Crippen LogP contribution >= 0.6 is 34.2 Å². The molecule has 0 unspecified atom stereocenters. The maximum absolute atomic E-state index is 6.08. The lowest BCUT2D eigenvalue weighted by atomic mass is 9.94. The Morgan fingerprint density at radius 1 is 0.750 bits per heavy atom. The standard InChI is InChI=1S/C24H17ClINO/c1-28-21-12-6-16(7-13-21)22-14-24(18-4-10-20(26)11-5-18)27-15-23(22)17-2-8-19(25)9-3-17/h2-15H,1H3. The van der Waals surface area contributed by atoms with Crippen molar-refractivity contribution in [3.63, 3.8) is 0 Å². The Morgan fingerprint density at radius 3 is 1.96 bits per heavy atom. The molecule has 4 aromatic rings. The second kappa shape index (κ2) is 8.33. The number of nitrogens with zero attached hydrogens (tertiary/aromatic N) is 1. The van der Waals surface area contributed by atoms with E-state index in [1.165, 1.54) is 3.57 Å². The van der Waals surface area contributed by atoms with Gasteiger partial charge in [-0.25, -0.2) is 0 Å². The maximum atomic E-state index is 6.08. The molecule has 4 heteroatoms. The number of ether oxygens (including phenoxy) is 1. The van der Waals surface area contributed by atoms with Crippen LogP contribution in [0.1, 0.15) is 0 Å². The minimum atomic E-state index is 0.721. The number of pyridine rings is 1. The number of halogens is 2. The average molecular weight is 498 g/mol. The minimum Gasteiger partial charge on any atom is -0.497 e. The third-order valence-electron chi connectivity index (χ3n) is 4.60. The Balaban J connectivity index is 1.87. The summed E-state index contributed by atoms with van der Waals surface area (Å²) < 4.78 is 6.51. The maximum Gasteiger partial charge on any atom is 0.118 e. The van der Waals surface area contributed by atoms with E-state index in [-0.39, 0.29) is 0 Å². The van der Waals surface area contributed by atoms with Crippen LogP contribution in [0.3, 0.4) is 0 Å². The number of hydrogen-bond acceptors (Lipinski definition) is 2. The topological polar surface area (TPSA) is 22.1 Å². The van der Waals surface area contributed by atoms with Crippen LogP contribution in [0.25, 0.3) is 33.5 Å². The van der Waals surface area contributed by atoms with Crippen LogP contribution in [0.15, 0.2) is 85.1 Å². The van der Waals surface area contributed by atoms with Gasteiger partial charge in [-0.2, -0.15) is 0 Å². The molecule has 1 aromatic heterocycles. The number of benzene rings is 3. The van der Waals surface area contributed by atoms with Gasteiger partial charge in [-0.1, -0.05) is 48.0 Å². The first-order chi connectivity index (χ1) is 13.6. The molecule has 0 fully saturated rings. The summed E-state index contributed by atoms with van der Waals surface area (Å²) in [6.07, 6.45) is 1.94. The van der Waals surface area contributed by atoms with E-state index in [4.69, 9.17) is 21.3 Å². The van der Waals surface area contributed by atoms with E-state index >= 15 is 0 Å². The third-order valence-corrected chi connectivity index (χ3v) is 5.57. The molecule has 0 saturated carbocycles. The molecule has 0 atom stereocenters. The molecule has 2 nitrogen and oxygen atoms in total. The molecule has 0 aliphatic heterocycles. The van der Waals surface area contributed by atoms with Crippen LogP contribution in [0.4, 0.5) is 0 Å². The van der Waals surface area contributed by atoms with Crippen molar-refractivity contribution in [2.45, 2.75) is 0 Å². The Kier molecular flexibility index (Phi) is 5.64. The van der Waals surface area contributed by atoms with Crippen molar-refractivity contribution in [3.8, 4) is 39.3 Å². The van der Waals surface area contributed by atoms with Gasteiger partial charge >= 0.3 is 0 Å². The molecule has 4 rings (SSSR count). The number of aromatic nitrogens is 1. The van der Waals surface area contributed by atoms with Gasteiger partial charge in [-0.3, -0.25) is 4.98 Å². The van der Waals surface area contributed by atoms with Crippen LogP contribution in [-0.4, -0.2) is 12.1 Å². The highest BCUT2D eigenvalue weighted by Crippen LogP contribution is 2.35. The van der Waals surface area contributed by atoms with E-state index in [2.05, 4.69) is 65.1 Å². The van der Waals surface area contributed by atoms with Gasteiger partial charge in [0.2, 0.25) is 0 Å². The van der Waals surface area contributed by atoms with Crippen LogP contribution in [0.2, 0.25) is 5.02 Å². The van der Waals surface area contributed by atoms with Crippen LogP contribution in [0, 0.1) is 3.57 Å². The third kappa shape index (κ3) is 4.05. The van der Waals surface area contributed by atoms with Crippen LogP contribution in [-0.2, 0) is 0 Å². The lowest BCUT2D eigenvalue weighted by molar-refractivity contribution is 0.415. The summed E-state index contributed by atoms with van der Waals surface area (Å²) in [7, 11) is 1.68. The largest absolute Gasteiger partial charge is 0.497 e. The molecule has 0 bridgehead atoms. The second-order valence-electron chi connectivity index (χ2n) is 6.36. The van der Waals surface area contributed by atoms with E-state index in [1.54, 1.807) is 7.11 Å². The molecule has 3 aromatic carbocycles. The van der Waals surface area contributed by atoms with Crippen molar-refractivity contribution >= 4 is 34.2 Å². The normalized spacial score (nSPS) is 10.7. The van der Waals surface area contributed by atoms with Crippen molar-refractivity contribution in [1.29, 1.82) is 0 Å². The lowest BCUT2D eigenvalue weighted by Gasteiger charge is -2.13. The van der Waals surface area contributed by atoms with Crippen molar-refractivity contribution in [1.82, 2.24) is 4.98 Å². The summed E-state index contributed by atoms with van der Waals surface area (Å²) in [5, 5.41) is 0.721. The molecule has 0 aliphatic carbocycles. The molecule has 138 valence electrons.